The second-order valence-electron chi connectivity index (χ2n) is 5.50. The zero-order chi connectivity index (χ0) is 12.7. The fourth-order valence-electron chi connectivity index (χ4n) is 3.38. The number of nitrogens with zero attached hydrogens (tertiary/aromatic N) is 1. The molecule has 0 aromatic heterocycles. The highest BCUT2D eigenvalue weighted by molar-refractivity contribution is 9.10. The van der Waals surface area contributed by atoms with E-state index in [1.54, 1.807) is 0 Å². The van der Waals surface area contributed by atoms with Gasteiger partial charge in [-0.2, -0.15) is 0 Å². The molecule has 1 heterocycles. The Morgan fingerprint density at radius 3 is 2.83 bits per heavy atom. The van der Waals surface area contributed by atoms with Gasteiger partial charge in [0, 0.05) is 35.7 Å². The van der Waals surface area contributed by atoms with Crippen molar-refractivity contribution in [1.29, 1.82) is 0 Å². The number of fused-ring (bicyclic) bond motifs is 1. The monoisotopic (exact) mass is 310 g/mol. The molecule has 0 amide bonds. The van der Waals surface area contributed by atoms with Crippen LogP contribution in [0.3, 0.4) is 0 Å². The SMILES string of the molecule is NCc1cc(Br)cc(N2CC3CCC(O)C3C2)c1. The molecular weight excluding hydrogens is 292 g/mol. The molecular formula is C14H19BrN2O. The third-order valence-electron chi connectivity index (χ3n) is 4.36. The molecule has 3 unspecified atom stereocenters. The summed E-state index contributed by atoms with van der Waals surface area (Å²) < 4.78 is 1.08. The number of anilines is 1. The van der Waals surface area contributed by atoms with Gasteiger partial charge >= 0.3 is 0 Å². The molecule has 1 aromatic carbocycles. The van der Waals surface area contributed by atoms with Crippen LogP contribution in [0.1, 0.15) is 18.4 Å². The molecule has 2 fully saturated rings. The molecule has 0 radical (unpaired) electrons. The Morgan fingerprint density at radius 2 is 2.11 bits per heavy atom. The average Bonchev–Trinajstić information content (AvgIpc) is 2.91. The van der Waals surface area contributed by atoms with E-state index in [-0.39, 0.29) is 6.10 Å². The Hall–Kier alpha value is -0.580. The maximum Gasteiger partial charge on any atom is 0.0588 e. The largest absolute Gasteiger partial charge is 0.393 e. The highest BCUT2D eigenvalue weighted by atomic mass is 79.9. The van der Waals surface area contributed by atoms with Gasteiger partial charge < -0.3 is 15.7 Å². The van der Waals surface area contributed by atoms with E-state index in [0.717, 1.165) is 29.5 Å². The summed E-state index contributed by atoms with van der Waals surface area (Å²) in [7, 11) is 0. The molecule has 18 heavy (non-hydrogen) atoms. The minimum absolute atomic E-state index is 0.0962. The van der Waals surface area contributed by atoms with E-state index in [9.17, 15) is 5.11 Å². The van der Waals surface area contributed by atoms with Crippen molar-refractivity contribution in [3.63, 3.8) is 0 Å². The van der Waals surface area contributed by atoms with Crippen LogP contribution in [0.15, 0.2) is 22.7 Å². The Balaban J connectivity index is 1.82. The zero-order valence-electron chi connectivity index (χ0n) is 10.3. The number of aliphatic hydroxyl groups excluding tert-OH is 1. The molecule has 1 aliphatic carbocycles. The lowest BCUT2D eigenvalue weighted by Crippen LogP contribution is -2.24. The molecule has 3 atom stereocenters. The van der Waals surface area contributed by atoms with Crippen molar-refractivity contribution < 1.29 is 5.11 Å². The number of rotatable bonds is 2. The Kier molecular flexibility index (Phi) is 3.34. The lowest BCUT2D eigenvalue weighted by molar-refractivity contribution is 0.133. The van der Waals surface area contributed by atoms with E-state index in [1.807, 2.05) is 0 Å². The van der Waals surface area contributed by atoms with Crippen LogP contribution in [0.2, 0.25) is 0 Å². The fourth-order valence-corrected chi connectivity index (χ4v) is 3.91. The number of nitrogens with two attached hydrogens (primary N) is 1. The zero-order valence-corrected chi connectivity index (χ0v) is 11.9. The quantitative estimate of drug-likeness (QED) is 0.879. The summed E-state index contributed by atoms with van der Waals surface area (Å²) in [5, 5.41) is 9.96. The first-order valence-electron chi connectivity index (χ1n) is 6.60. The van der Waals surface area contributed by atoms with Gasteiger partial charge in [0.15, 0.2) is 0 Å². The van der Waals surface area contributed by atoms with Gasteiger partial charge in [0.2, 0.25) is 0 Å². The molecule has 3 nitrogen and oxygen atoms in total. The first-order chi connectivity index (χ1) is 8.67. The molecule has 1 aliphatic heterocycles. The van der Waals surface area contributed by atoms with Crippen molar-refractivity contribution in [2.75, 3.05) is 18.0 Å². The van der Waals surface area contributed by atoms with Gasteiger partial charge in [-0.25, -0.2) is 0 Å². The number of hydrogen-bond acceptors (Lipinski definition) is 3. The summed E-state index contributed by atoms with van der Waals surface area (Å²) in [6.45, 7) is 2.62. The highest BCUT2D eigenvalue weighted by Crippen LogP contribution is 2.40. The smallest absolute Gasteiger partial charge is 0.0588 e. The first-order valence-corrected chi connectivity index (χ1v) is 7.39. The summed E-state index contributed by atoms with van der Waals surface area (Å²) >= 11 is 3.54. The lowest BCUT2D eigenvalue weighted by Gasteiger charge is -2.21. The van der Waals surface area contributed by atoms with Crippen LogP contribution in [-0.2, 0) is 6.54 Å². The number of halogens is 1. The summed E-state index contributed by atoms with van der Waals surface area (Å²) in [5.41, 5.74) is 8.10. The number of aliphatic hydroxyl groups is 1. The average molecular weight is 311 g/mol. The van der Waals surface area contributed by atoms with E-state index in [2.05, 4.69) is 39.0 Å². The van der Waals surface area contributed by atoms with Crippen molar-refractivity contribution in [3.05, 3.63) is 28.2 Å². The maximum atomic E-state index is 9.96. The van der Waals surface area contributed by atoms with Gasteiger partial charge in [0.25, 0.3) is 0 Å². The third kappa shape index (κ3) is 2.17. The van der Waals surface area contributed by atoms with E-state index < -0.39 is 0 Å². The van der Waals surface area contributed by atoms with Crippen LogP contribution in [0.5, 0.6) is 0 Å². The molecule has 3 N–H and O–H groups in total. The van der Waals surface area contributed by atoms with Gasteiger partial charge in [-0.15, -0.1) is 0 Å². The normalized spacial score (nSPS) is 30.8. The van der Waals surface area contributed by atoms with Gasteiger partial charge in [-0.05, 0) is 42.5 Å². The molecule has 0 bridgehead atoms. The number of hydrogen-bond donors (Lipinski definition) is 2. The molecule has 1 aromatic rings. The molecule has 4 heteroatoms. The van der Waals surface area contributed by atoms with E-state index in [4.69, 9.17) is 5.73 Å². The second-order valence-corrected chi connectivity index (χ2v) is 6.41. The maximum absolute atomic E-state index is 9.96. The standard InChI is InChI=1S/C14H19BrN2O/c15-11-3-9(6-16)4-12(5-11)17-7-10-1-2-14(18)13(10)8-17/h3-5,10,13-14,18H,1-2,6-8,16H2. The Morgan fingerprint density at radius 1 is 1.28 bits per heavy atom. The Bertz CT molecular complexity index is 451. The number of benzene rings is 1. The molecule has 1 saturated heterocycles. The van der Waals surface area contributed by atoms with Crippen molar-refractivity contribution in [3.8, 4) is 0 Å². The van der Waals surface area contributed by atoms with Crippen molar-refractivity contribution in [2.45, 2.75) is 25.5 Å². The summed E-state index contributed by atoms with van der Waals surface area (Å²) in [6, 6.07) is 6.38. The second kappa shape index (κ2) is 4.83. The van der Waals surface area contributed by atoms with Crippen molar-refractivity contribution >= 4 is 21.6 Å². The van der Waals surface area contributed by atoms with E-state index in [1.165, 1.54) is 12.1 Å². The van der Waals surface area contributed by atoms with Crippen LogP contribution < -0.4 is 10.6 Å². The highest BCUT2D eigenvalue weighted by Gasteiger charge is 2.41. The Labute approximate surface area is 116 Å². The fraction of sp³-hybridized carbons (Fsp3) is 0.571. The topological polar surface area (TPSA) is 49.5 Å². The summed E-state index contributed by atoms with van der Waals surface area (Å²) in [6.07, 6.45) is 2.05. The van der Waals surface area contributed by atoms with E-state index in [0.29, 0.717) is 18.4 Å². The van der Waals surface area contributed by atoms with Crippen LogP contribution in [0.4, 0.5) is 5.69 Å². The predicted molar refractivity (Wildman–Crippen MR) is 76.5 cm³/mol. The van der Waals surface area contributed by atoms with Crippen LogP contribution in [-0.4, -0.2) is 24.3 Å². The molecule has 3 rings (SSSR count). The van der Waals surface area contributed by atoms with Crippen LogP contribution in [0, 0.1) is 11.8 Å². The summed E-state index contributed by atoms with van der Waals surface area (Å²) in [5.74, 6) is 1.13. The lowest BCUT2D eigenvalue weighted by atomic mass is 10.00. The van der Waals surface area contributed by atoms with Crippen molar-refractivity contribution in [1.82, 2.24) is 0 Å². The predicted octanol–water partition coefficient (Wildman–Crippen LogP) is 2.11. The third-order valence-corrected chi connectivity index (χ3v) is 4.82. The van der Waals surface area contributed by atoms with Crippen LogP contribution in [0.25, 0.3) is 0 Å². The van der Waals surface area contributed by atoms with Crippen LogP contribution >= 0.6 is 15.9 Å². The minimum Gasteiger partial charge on any atom is -0.393 e. The van der Waals surface area contributed by atoms with Gasteiger partial charge in [-0.1, -0.05) is 15.9 Å². The molecule has 0 spiro atoms. The molecule has 2 aliphatic rings. The van der Waals surface area contributed by atoms with Gasteiger partial charge in [-0.3, -0.25) is 0 Å². The summed E-state index contributed by atoms with van der Waals surface area (Å²) in [4.78, 5) is 2.39. The molecule has 98 valence electrons. The first kappa shape index (κ1) is 12.5. The van der Waals surface area contributed by atoms with Gasteiger partial charge in [0.1, 0.15) is 0 Å². The van der Waals surface area contributed by atoms with E-state index >= 15 is 0 Å². The van der Waals surface area contributed by atoms with Crippen molar-refractivity contribution in [2.24, 2.45) is 17.6 Å². The minimum atomic E-state index is -0.0962. The molecule has 1 saturated carbocycles. The van der Waals surface area contributed by atoms with Gasteiger partial charge in [0.05, 0.1) is 6.10 Å².